The summed E-state index contributed by atoms with van der Waals surface area (Å²) in [6.45, 7) is 6.58. The van der Waals surface area contributed by atoms with Crippen LogP contribution in [-0.2, 0) is 6.54 Å². The zero-order valence-corrected chi connectivity index (χ0v) is 13.4. The Labute approximate surface area is 132 Å². The van der Waals surface area contributed by atoms with Gasteiger partial charge in [-0.25, -0.2) is 0 Å². The molecule has 2 rings (SSSR count). The van der Waals surface area contributed by atoms with Crippen molar-refractivity contribution in [2.24, 2.45) is 16.5 Å². The van der Waals surface area contributed by atoms with Crippen LogP contribution < -0.4 is 11.5 Å². The molecule has 0 amide bonds. The van der Waals surface area contributed by atoms with Crippen LogP contribution in [0.4, 0.5) is 5.69 Å². The van der Waals surface area contributed by atoms with Crippen molar-refractivity contribution in [1.82, 2.24) is 0 Å². The lowest BCUT2D eigenvalue weighted by Crippen LogP contribution is -1.98. The maximum atomic E-state index is 5.72. The van der Waals surface area contributed by atoms with Crippen LogP contribution in [0.3, 0.4) is 0 Å². The number of aryl methyl sites for hydroxylation is 2. The van der Waals surface area contributed by atoms with Crippen molar-refractivity contribution in [3.05, 3.63) is 64.9 Å². The molecular formula is C19H23N3. The molecule has 0 spiro atoms. The first-order chi connectivity index (χ1) is 10.5. The van der Waals surface area contributed by atoms with Gasteiger partial charge >= 0.3 is 0 Å². The third-order valence-electron chi connectivity index (χ3n) is 3.64. The predicted octanol–water partition coefficient (Wildman–Crippen LogP) is 3.99. The SMILES string of the molecule is CC(N)=CC=Nc1ccc(-c2ccc(CN)c(C)c2)cc1C. The molecule has 3 heteroatoms. The topological polar surface area (TPSA) is 64.4 Å². The van der Waals surface area contributed by atoms with Crippen molar-refractivity contribution in [3.8, 4) is 11.1 Å². The van der Waals surface area contributed by atoms with Crippen molar-refractivity contribution in [1.29, 1.82) is 0 Å². The van der Waals surface area contributed by atoms with Gasteiger partial charge in [0.2, 0.25) is 0 Å². The van der Waals surface area contributed by atoms with E-state index in [-0.39, 0.29) is 0 Å². The van der Waals surface area contributed by atoms with Gasteiger partial charge in [-0.3, -0.25) is 4.99 Å². The molecule has 114 valence electrons. The van der Waals surface area contributed by atoms with Gasteiger partial charge in [0.25, 0.3) is 0 Å². The van der Waals surface area contributed by atoms with E-state index in [4.69, 9.17) is 11.5 Å². The number of nitrogens with zero attached hydrogens (tertiary/aromatic N) is 1. The van der Waals surface area contributed by atoms with Gasteiger partial charge < -0.3 is 11.5 Å². The third kappa shape index (κ3) is 3.83. The summed E-state index contributed by atoms with van der Waals surface area (Å²) >= 11 is 0. The highest BCUT2D eigenvalue weighted by molar-refractivity contribution is 5.77. The van der Waals surface area contributed by atoms with Crippen LogP contribution >= 0.6 is 0 Å². The normalized spacial score (nSPS) is 12.1. The number of nitrogens with two attached hydrogens (primary N) is 2. The first-order valence-electron chi connectivity index (χ1n) is 7.38. The van der Waals surface area contributed by atoms with E-state index in [1.165, 1.54) is 22.3 Å². The van der Waals surface area contributed by atoms with Crippen LogP contribution in [0.25, 0.3) is 11.1 Å². The van der Waals surface area contributed by atoms with Gasteiger partial charge in [-0.05, 0) is 66.8 Å². The Hall–Kier alpha value is -2.39. The fourth-order valence-electron chi connectivity index (χ4n) is 2.32. The van der Waals surface area contributed by atoms with Gasteiger partial charge in [-0.2, -0.15) is 0 Å². The molecule has 0 aliphatic heterocycles. The third-order valence-corrected chi connectivity index (χ3v) is 3.64. The van der Waals surface area contributed by atoms with E-state index in [1.54, 1.807) is 12.3 Å². The Morgan fingerprint density at radius 1 is 1.05 bits per heavy atom. The monoisotopic (exact) mass is 293 g/mol. The first kappa shape index (κ1) is 16.0. The van der Waals surface area contributed by atoms with Crippen LogP contribution in [0.5, 0.6) is 0 Å². The van der Waals surface area contributed by atoms with Crippen LogP contribution in [0.2, 0.25) is 0 Å². The fraction of sp³-hybridized carbons (Fsp3) is 0.211. The van der Waals surface area contributed by atoms with Gasteiger partial charge in [-0.1, -0.05) is 24.3 Å². The van der Waals surface area contributed by atoms with Crippen molar-refractivity contribution in [2.45, 2.75) is 27.3 Å². The van der Waals surface area contributed by atoms with E-state index in [9.17, 15) is 0 Å². The molecule has 0 saturated carbocycles. The van der Waals surface area contributed by atoms with Crippen LogP contribution in [0.1, 0.15) is 23.6 Å². The number of allylic oxidation sites excluding steroid dienone is 2. The minimum atomic E-state index is 0.576. The second-order valence-electron chi connectivity index (χ2n) is 5.54. The molecule has 0 saturated heterocycles. The average Bonchev–Trinajstić information content (AvgIpc) is 2.48. The Balaban J connectivity index is 2.31. The molecular weight excluding hydrogens is 270 g/mol. The molecule has 0 aromatic heterocycles. The number of hydrogen-bond acceptors (Lipinski definition) is 3. The summed E-state index contributed by atoms with van der Waals surface area (Å²) in [4.78, 5) is 4.43. The van der Waals surface area contributed by atoms with E-state index in [0.717, 1.165) is 16.9 Å². The summed E-state index contributed by atoms with van der Waals surface area (Å²) in [5.41, 5.74) is 19.0. The summed E-state index contributed by atoms with van der Waals surface area (Å²) in [5.74, 6) is 0. The van der Waals surface area contributed by atoms with Crippen LogP contribution in [-0.4, -0.2) is 6.21 Å². The largest absolute Gasteiger partial charge is 0.402 e. The summed E-state index contributed by atoms with van der Waals surface area (Å²) in [6.07, 6.45) is 3.53. The lowest BCUT2D eigenvalue weighted by Gasteiger charge is -2.09. The highest BCUT2D eigenvalue weighted by atomic mass is 14.7. The molecule has 0 aliphatic carbocycles. The number of hydrogen-bond donors (Lipinski definition) is 2. The lowest BCUT2D eigenvalue weighted by molar-refractivity contribution is 1.05. The quantitative estimate of drug-likeness (QED) is 0.837. The first-order valence-corrected chi connectivity index (χ1v) is 7.38. The fourth-order valence-corrected chi connectivity index (χ4v) is 2.32. The standard InChI is InChI=1S/C19H23N3/c1-13-10-16(4-5-18(13)12-20)17-6-7-19(14(2)11-17)22-9-8-15(3)21/h4-11H,12,20-21H2,1-3H3. The van der Waals surface area contributed by atoms with Gasteiger partial charge in [0.1, 0.15) is 0 Å². The van der Waals surface area contributed by atoms with Crippen LogP contribution in [0, 0.1) is 13.8 Å². The Kier molecular flexibility index (Phi) is 5.12. The maximum Gasteiger partial charge on any atom is 0.0659 e. The Morgan fingerprint density at radius 2 is 1.68 bits per heavy atom. The molecule has 3 nitrogen and oxygen atoms in total. The van der Waals surface area contributed by atoms with E-state index in [2.05, 4.69) is 49.2 Å². The number of aliphatic imine (C=N–C) groups is 1. The molecule has 0 bridgehead atoms. The molecule has 22 heavy (non-hydrogen) atoms. The van der Waals surface area contributed by atoms with Crippen LogP contribution in [0.15, 0.2) is 53.2 Å². The Bertz CT molecular complexity index is 723. The summed E-state index contributed by atoms with van der Waals surface area (Å²) in [6, 6.07) is 12.7. The molecule has 0 unspecified atom stereocenters. The molecule has 0 fully saturated rings. The van der Waals surface area contributed by atoms with Crippen molar-refractivity contribution >= 4 is 11.9 Å². The highest BCUT2D eigenvalue weighted by Crippen LogP contribution is 2.27. The second kappa shape index (κ2) is 7.05. The molecule has 2 aromatic rings. The van der Waals surface area contributed by atoms with E-state index < -0.39 is 0 Å². The zero-order chi connectivity index (χ0) is 16.1. The van der Waals surface area contributed by atoms with Crippen molar-refractivity contribution in [2.75, 3.05) is 0 Å². The average molecular weight is 293 g/mol. The number of benzene rings is 2. The lowest BCUT2D eigenvalue weighted by atomic mass is 9.98. The molecule has 0 radical (unpaired) electrons. The molecule has 0 heterocycles. The molecule has 0 aliphatic rings. The summed E-state index contributed by atoms with van der Waals surface area (Å²) < 4.78 is 0. The highest BCUT2D eigenvalue weighted by Gasteiger charge is 2.03. The van der Waals surface area contributed by atoms with E-state index in [1.807, 2.05) is 13.0 Å². The number of rotatable bonds is 4. The van der Waals surface area contributed by atoms with E-state index >= 15 is 0 Å². The zero-order valence-electron chi connectivity index (χ0n) is 13.4. The van der Waals surface area contributed by atoms with Crippen molar-refractivity contribution < 1.29 is 0 Å². The molecule has 4 N–H and O–H groups in total. The Morgan fingerprint density at radius 3 is 2.23 bits per heavy atom. The summed E-state index contributed by atoms with van der Waals surface area (Å²) in [5, 5.41) is 0. The van der Waals surface area contributed by atoms with E-state index in [0.29, 0.717) is 6.54 Å². The molecule has 2 aromatic carbocycles. The smallest absolute Gasteiger partial charge is 0.0659 e. The molecule has 0 atom stereocenters. The van der Waals surface area contributed by atoms with Gasteiger partial charge in [0.05, 0.1) is 5.69 Å². The van der Waals surface area contributed by atoms with Gasteiger partial charge in [0.15, 0.2) is 0 Å². The minimum absolute atomic E-state index is 0.576. The summed E-state index contributed by atoms with van der Waals surface area (Å²) in [7, 11) is 0. The predicted molar refractivity (Wildman–Crippen MR) is 95.3 cm³/mol. The van der Waals surface area contributed by atoms with Crippen molar-refractivity contribution in [3.63, 3.8) is 0 Å². The maximum absolute atomic E-state index is 5.72. The van der Waals surface area contributed by atoms with Gasteiger partial charge in [-0.15, -0.1) is 0 Å². The van der Waals surface area contributed by atoms with Gasteiger partial charge in [0, 0.05) is 18.5 Å². The minimum Gasteiger partial charge on any atom is -0.402 e. The second-order valence-corrected chi connectivity index (χ2v) is 5.54.